The average molecular weight is 395 g/mol. The van der Waals surface area contributed by atoms with Crippen molar-refractivity contribution in [3.05, 3.63) is 59.4 Å². The molecule has 1 aliphatic carbocycles. The van der Waals surface area contributed by atoms with Gasteiger partial charge in [-0.05, 0) is 55.2 Å². The quantitative estimate of drug-likeness (QED) is 0.714. The van der Waals surface area contributed by atoms with Gasteiger partial charge in [-0.3, -0.25) is 14.6 Å². The molecule has 7 nitrogen and oxygen atoms in total. The molecule has 3 atom stereocenters. The summed E-state index contributed by atoms with van der Waals surface area (Å²) in [7, 11) is 0. The van der Waals surface area contributed by atoms with E-state index in [0.717, 1.165) is 23.4 Å². The van der Waals surface area contributed by atoms with Crippen LogP contribution >= 0.6 is 0 Å². The van der Waals surface area contributed by atoms with E-state index in [1.54, 1.807) is 12.3 Å². The minimum Gasteiger partial charge on any atom is -0.493 e. The molecule has 2 aromatic rings. The number of amides is 2. The zero-order valence-electron chi connectivity index (χ0n) is 16.1. The molecule has 1 aliphatic heterocycles. The predicted molar refractivity (Wildman–Crippen MR) is 106 cm³/mol. The van der Waals surface area contributed by atoms with E-state index in [4.69, 9.17) is 4.74 Å². The monoisotopic (exact) mass is 395 g/mol. The highest BCUT2D eigenvalue weighted by Gasteiger charge is 2.34. The Morgan fingerprint density at radius 1 is 1.21 bits per heavy atom. The maximum atomic E-state index is 12.7. The highest BCUT2D eigenvalue weighted by Crippen LogP contribution is 2.27. The summed E-state index contributed by atoms with van der Waals surface area (Å²) in [5.41, 5.74) is 2.36. The Balaban J connectivity index is 1.34. The second kappa shape index (κ2) is 8.61. The molecule has 0 spiro atoms. The Morgan fingerprint density at radius 2 is 2.10 bits per heavy atom. The van der Waals surface area contributed by atoms with Crippen LogP contribution in [-0.4, -0.2) is 40.7 Å². The molecule has 1 aromatic heterocycles. The van der Waals surface area contributed by atoms with E-state index in [1.807, 2.05) is 30.3 Å². The van der Waals surface area contributed by atoms with Crippen molar-refractivity contribution in [3.63, 3.8) is 0 Å². The Morgan fingerprint density at radius 3 is 2.93 bits per heavy atom. The van der Waals surface area contributed by atoms with Crippen LogP contribution in [-0.2, 0) is 17.8 Å². The molecule has 2 aliphatic rings. The molecule has 0 radical (unpaired) electrons. The molecule has 1 fully saturated rings. The minimum absolute atomic E-state index is 0.0727. The van der Waals surface area contributed by atoms with E-state index in [2.05, 4.69) is 15.6 Å². The van der Waals surface area contributed by atoms with Gasteiger partial charge in [-0.15, -0.1) is 0 Å². The number of nitrogens with zero attached hydrogens (tertiary/aromatic N) is 1. The van der Waals surface area contributed by atoms with Gasteiger partial charge in [-0.25, -0.2) is 0 Å². The number of aliphatic hydroxyl groups excluding tert-OH is 1. The number of nitrogens with one attached hydrogen (secondary N) is 2. The van der Waals surface area contributed by atoms with Gasteiger partial charge in [0, 0.05) is 24.1 Å². The summed E-state index contributed by atoms with van der Waals surface area (Å²) in [4.78, 5) is 29.4. The highest BCUT2D eigenvalue weighted by molar-refractivity contribution is 5.95. The molecule has 0 bridgehead atoms. The summed E-state index contributed by atoms with van der Waals surface area (Å²) in [6, 6.07) is 10.5. The number of fused-ring (bicyclic) bond motifs is 1. The molecule has 2 amide bonds. The first-order valence-corrected chi connectivity index (χ1v) is 10.0. The summed E-state index contributed by atoms with van der Waals surface area (Å²) in [6.07, 6.45) is 3.31. The van der Waals surface area contributed by atoms with Crippen molar-refractivity contribution in [2.45, 2.75) is 44.4 Å². The first-order chi connectivity index (χ1) is 14.1. The number of pyridine rings is 1. The summed E-state index contributed by atoms with van der Waals surface area (Å²) in [5.74, 6) is 0.263. The SMILES string of the molecule is O=C(N[C@@H]1C[C@@H](C(=O)NCc2ccccn2)CC[C@H]1O)c1ccc2c(c1)CCO2. The first kappa shape index (κ1) is 19.4. The first-order valence-electron chi connectivity index (χ1n) is 10.0. The van der Waals surface area contributed by atoms with Crippen LogP contribution in [0.25, 0.3) is 0 Å². The smallest absolute Gasteiger partial charge is 0.251 e. The van der Waals surface area contributed by atoms with E-state index >= 15 is 0 Å². The lowest BCUT2D eigenvalue weighted by atomic mass is 9.83. The van der Waals surface area contributed by atoms with Crippen LogP contribution in [0, 0.1) is 5.92 Å². The van der Waals surface area contributed by atoms with Crippen molar-refractivity contribution in [3.8, 4) is 5.75 Å². The van der Waals surface area contributed by atoms with Gasteiger partial charge in [0.2, 0.25) is 5.91 Å². The molecule has 2 heterocycles. The van der Waals surface area contributed by atoms with Gasteiger partial charge in [0.15, 0.2) is 0 Å². The fourth-order valence-electron chi connectivity index (χ4n) is 3.95. The molecular weight excluding hydrogens is 370 g/mol. The van der Waals surface area contributed by atoms with Crippen molar-refractivity contribution in [2.24, 2.45) is 5.92 Å². The fourth-order valence-corrected chi connectivity index (χ4v) is 3.95. The minimum atomic E-state index is -0.656. The molecule has 1 saturated carbocycles. The highest BCUT2D eigenvalue weighted by atomic mass is 16.5. The fraction of sp³-hybridized carbons (Fsp3) is 0.409. The Bertz CT molecular complexity index is 887. The summed E-state index contributed by atoms with van der Waals surface area (Å²) >= 11 is 0. The van der Waals surface area contributed by atoms with E-state index < -0.39 is 12.1 Å². The van der Waals surface area contributed by atoms with E-state index in [1.165, 1.54) is 0 Å². The Kier molecular flexibility index (Phi) is 5.76. The average Bonchev–Trinajstić information content (AvgIpc) is 3.22. The standard InChI is InChI=1S/C22H25N3O4/c26-19-6-4-16(21(27)24-13-17-3-1-2-9-23-17)12-18(19)25-22(28)15-5-7-20-14(11-15)8-10-29-20/h1-3,5,7,9,11,16,18-19,26H,4,6,8,10,12-13H2,(H,24,27)(H,25,28)/t16-,18+,19+/m0/s1. The second-order valence-corrected chi connectivity index (χ2v) is 7.62. The van der Waals surface area contributed by atoms with Crippen LogP contribution in [0.15, 0.2) is 42.6 Å². The second-order valence-electron chi connectivity index (χ2n) is 7.62. The molecule has 152 valence electrons. The molecule has 0 saturated heterocycles. The molecule has 29 heavy (non-hydrogen) atoms. The molecular formula is C22H25N3O4. The third-order valence-corrected chi connectivity index (χ3v) is 5.62. The molecule has 1 aromatic carbocycles. The van der Waals surface area contributed by atoms with Crippen LogP contribution < -0.4 is 15.4 Å². The van der Waals surface area contributed by atoms with Crippen molar-refractivity contribution < 1.29 is 19.4 Å². The number of aliphatic hydroxyl groups is 1. The topological polar surface area (TPSA) is 101 Å². The van der Waals surface area contributed by atoms with Gasteiger partial charge < -0.3 is 20.5 Å². The molecule has 0 unspecified atom stereocenters. The number of aromatic nitrogens is 1. The number of ether oxygens (including phenoxy) is 1. The maximum absolute atomic E-state index is 12.7. The zero-order chi connectivity index (χ0) is 20.2. The van der Waals surface area contributed by atoms with Crippen LogP contribution in [0.3, 0.4) is 0 Å². The van der Waals surface area contributed by atoms with Crippen molar-refractivity contribution in [1.82, 2.24) is 15.6 Å². The Labute approximate surface area is 169 Å². The third kappa shape index (κ3) is 4.56. The largest absolute Gasteiger partial charge is 0.493 e. The predicted octanol–water partition coefficient (Wildman–Crippen LogP) is 1.59. The number of benzene rings is 1. The Hall–Kier alpha value is -2.93. The van der Waals surface area contributed by atoms with Crippen LogP contribution in [0.5, 0.6) is 5.75 Å². The van der Waals surface area contributed by atoms with E-state index in [0.29, 0.717) is 38.0 Å². The van der Waals surface area contributed by atoms with Crippen molar-refractivity contribution >= 4 is 11.8 Å². The van der Waals surface area contributed by atoms with Crippen LogP contribution in [0.2, 0.25) is 0 Å². The maximum Gasteiger partial charge on any atom is 0.251 e. The number of hydrogen-bond donors (Lipinski definition) is 3. The van der Waals surface area contributed by atoms with Crippen LogP contribution in [0.4, 0.5) is 0 Å². The lowest BCUT2D eigenvalue weighted by Gasteiger charge is -2.33. The summed E-state index contributed by atoms with van der Waals surface area (Å²) < 4.78 is 5.47. The van der Waals surface area contributed by atoms with E-state index in [9.17, 15) is 14.7 Å². The zero-order valence-corrected chi connectivity index (χ0v) is 16.1. The van der Waals surface area contributed by atoms with Gasteiger partial charge in [0.05, 0.1) is 31.0 Å². The van der Waals surface area contributed by atoms with Crippen molar-refractivity contribution in [1.29, 1.82) is 0 Å². The third-order valence-electron chi connectivity index (χ3n) is 5.62. The van der Waals surface area contributed by atoms with Gasteiger partial charge >= 0.3 is 0 Å². The van der Waals surface area contributed by atoms with Gasteiger partial charge in [-0.2, -0.15) is 0 Å². The van der Waals surface area contributed by atoms with Gasteiger partial charge in [0.25, 0.3) is 5.91 Å². The van der Waals surface area contributed by atoms with Gasteiger partial charge in [0.1, 0.15) is 5.75 Å². The number of carbonyl (C=O) groups is 2. The van der Waals surface area contributed by atoms with E-state index in [-0.39, 0.29) is 17.7 Å². The lowest BCUT2D eigenvalue weighted by Crippen LogP contribution is -2.49. The van der Waals surface area contributed by atoms with Gasteiger partial charge in [-0.1, -0.05) is 6.07 Å². The molecule has 4 rings (SSSR count). The lowest BCUT2D eigenvalue weighted by molar-refractivity contribution is -0.127. The molecule has 7 heteroatoms. The molecule has 3 N–H and O–H groups in total. The van der Waals surface area contributed by atoms with Crippen LogP contribution in [0.1, 0.15) is 40.9 Å². The number of carbonyl (C=O) groups excluding carboxylic acids is 2. The number of hydrogen-bond acceptors (Lipinski definition) is 5. The normalized spacial score (nSPS) is 23.0. The number of rotatable bonds is 5. The van der Waals surface area contributed by atoms with Crippen molar-refractivity contribution in [2.75, 3.05) is 6.61 Å². The summed E-state index contributed by atoms with van der Waals surface area (Å²) in [6.45, 7) is 1.00. The summed E-state index contributed by atoms with van der Waals surface area (Å²) in [5, 5.41) is 16.2.